The molecule has 5 nitrogen and oxygen atoms in total. The smallest absolute Gasteiger partial charge is 0.257 e. The van der Waals surface area contributed by atoms with E-state index in [1.807, 2.05) is 26.0 Å². The van der Waals surface area contributed by atoms with Gasteiger partial charge in [0.25, 0.3) is 5.91 Å². The third kappa shape index (κ3) is 6.01. The molecular weight excluding hydrogens is 442 g/mol. The maximum absolute atomic E-state index is 12.8. The Bertz CT molecular complexity index is 1060. The summed E-state index contributed by atoms with van der Waals surface area (Å²) in [5, 5.41) is 3.37. The molecule has 4 rings (SSSR count). The number of carbonyl (C=O) groups is 1. The third-order valence-electron chi connectivity index (χ3n) is 5.89. The maximum atomic E-state index is 12.8. The van der Waals surface area contributed by atoms with Crippen molar-refractivity contribution in [3.63, 3.8) is 0 Å². The third-order valence-corrected chi connectivity index (χ3v) is 6.25. The van der Waals surface area contributed by atoms with E-state index < -0.39 is 0 Å². The normalized spacial score (nSPS) is 14.3. The summed E-state index contributed by atoms with van der Waals surface area (Å²) < 4.78 is 5.70. The van der Waals surface area contributed by atoms with E-state index in [0.717, 1.165) is 26.2 Å². The van der Waals surface area contributed by atoms with Crippen molar-refractivity contribution in [3.8, 4) is 5.75 Å². The number of nitrogens with one attached hydrogen (secondary N) is 1. The standard InChI is InChI=1S/C28H31N3O2S/c1-21(2)33-25-15-9-14-24(20-25)27(32)29-28(34)31-18-16-30(17-19-31)26(22-10-5-3-6-11-22)23-12-7-4-8-13-23/h3-15,20-21,26H,16-19H2,1-2H3,(H,29,32,34). The van der Waals surface area contributed by atoms with Gasteiger partial charge in [-0.15, -0.1) is 0 Å². The molecule has 1 aliphatic heterocycles. The number of nitrogens with zero attached hydrogens (tertiary/aromatic N) is 2. The molecule has 1 N–H and O–H groups in total. The summed E-state index contributed by atoms with van der Waals surface area (Å²) in [4.78, 5) is 17.3. The highest BCUT2D eigenvalue weighted by Gasteiger charge is 2.27. The van der Waals surface area contributed by atoms with Crippen molar-refractivity contribution in [2.45, 2.75) is 26.0 Å². The Hall–Kier alpha value is -3.22. The molecule has 1 saturated heterocycles. The minimum atomic E-state index is -0.215. The fourth-order valence-corrected chi connectivity index (χ4v) is 4.57. The lowest BCUT2D eigenvalue weighted by atomic mass is 9.96. The van der Waals surface area contributed by atoms with E-state index in [2.05, 4.69) is 75.8 Å². The quantitative estimate of drug-likeness (QED) is 0.516. The molecule has 0 aliphatic carbocycles. The molecule has 3 aromatic carbocycles. The van der Waals surface area contributed by atoms with Gasteiger partial charge >= 0.3 is 0 Å². The van der Waals surface area contributed by atoms with Crippen molar-refractivity contribution >= 4 is 23.2 Å². The number of piperazine rings is 1. The Labute approximate surface area is 207 Å². The van der Waals surface area contributed by atoms with Gasteiger partial charge < -0.3 is 9.64 Å². The van der Waals surface area contributed by atoms with Crippen LogP contribution in [-0.4, -0.2) is 53.1 Å². The first-order valence-electron chi connectivity index (χ1n) is 11.7. The molecule has 0 atom stereocenters. The van der Waals surface area contributed by atoms with E-state index in [4.69, 9.17) is 17.0 Å². The lowest BCUT2D eigenvalue weighted by molar-refractivity contribution is 0.0966. The fraction of sp³-hybridized carbons (Fsp3) is 0.286. The van der Waals surface area contributed by atoms with Crippen molar-refractivity contribution < 1.29 is 9.53 Å². The fourth-order valence-electron chi connectivity index (χ4n) is 4.30. The molecular formula is C28H31N3O2S. The molecule has 0 spiro atoms. The molecule has 1 aliphatic rings. The molecule has 176 valence electrons. The first-order valence-corrected chi connectivity index (χ1v) is 12.1. The van der Waals surface area contributed by atoms with Crippen molar-refractivity contribution in [2.24, 2.45) is 0 Å². The maximum Gasteiger partial charge on any atom is 0.257 e. The minimum Gasteiger partial charge on any atom is -0.491 e. The highest BCUT2D eigenvalue weighted by molar-refractivity contribution is 7.80. The number of thiocarbonyl (C=S) groups is 1. The van der Waals surface area contributed by atoms with Gasteiger partial charge in [-0.2, -0.15) is 0 Å². The number of hydrogen-bond donors (Lipinski definition) is 1. The first kappa shape index (κ1) is 23.9. The number of benzene rings is 3. The highest BCUT2D eigenvalue weighted by atomic mass is 32.1. The lowest BCUT2D eigenvalue weighted by Gasteiger charge is -2.40. The Kier molecular flexibility index (Phi) is 7.93. The van der Waals surface area contributed by atoms with Crippen molar-refractivity contribution in [2.75, 3.05) is 26.2 Å². The van der Waals surface area contributed by atoms with Crippen LogP contribution in [0.3, 0.4) is 0 Å². The Morgan fingerprint density at radius 1 is 0.853 bits per heavy atom. The van der Waals surface area contributed by atoms with Crippen LogP contribution in [0.4, 0.5) is 0 Å². The molecule has 0 saturated carbocycles. The zero-order chi connectivity index (χ0) is 23.9. The van der Waals surface area contributed by atoms with Crippen molar-refractivity contribution in [1.29, 1.82) is 0 Å². The second kappa shape index (κ2) is 11.3. The van der Waals surface area contributed by atoms with E-state index in [-0.39, 0.29) is 18.1 Å². The Morgan fingerprint density at radius 3 is 2.00 bits per heavy atom. The van der Waals surface area contributed by atoms with Gasteiger partial charge in [0.2, 0.25) is 0 Å². The molecule has 1 heterocycles. The van der Waals surface area contributed by atoms with Crippen molar-refractivity contribution in [3.05, 3.63) is 102 Å². The highest BCUT2D eigenvalue weighted by Crippen LogP contribution is 2.29. The summed E-state index contributed by atoms with van der Waals surface area (Å²) in [6, 6.07) is 28.6. The molecule has 1 fully saturated rings. The summed E-state index contributed by atoms with van der Waals surface area (Å²) in [6.45, 7) is 7.13. The summed E-state index contributed by atoms with van der Waals surface area (Å²) in [6.07, 6.45) is 0.0475. The van der Waals surface area contributed by atoms with Crippen LogP contribution < -0.4 is 10.1 Å². The number of carbonyl (C=O) groups excluding carboxylic acids is 1. The van der Waals surface area contributed by atoms with Gasteiger partial charge in [0.1, 0.15) is 5.75 Å². The predicted octanol–water partition coefficient (Wildman–Crippen LogP) is 4.90. The van der Waals surface area contributed by atoms with Gasteiger partial charge in [-0.05, 0) is 55.4 Å². The van der Waals surface area contributed by atoms with E-state index in [0.29, 0.717) is 16.4 Å². The largest absolute Gasteiger partial charge is 0.491 e. The number of ether oxygens (including phenoxy) is 1. The molecule has 0 bridgehead atoms. The van der Waals surface area contributed by atoms with Crippen LogP contribution in [0.15, 0.2) is 84.9 Å². The van der Waals surface area contributed by atoms with Crippen LogP contribution in [0.2, 0.25) is 0 Å². The molecule has 3 aromatic rings. The second-order valence-electron chi connectivity index (χ2n) is 8.70. The monoisotopic (exact) mass is 473 g/mol. The van der Waals surface area contributed by atoms with Crippen LogP contribution in [0.5, 0.6) is 5.75 Å². The first-order chi connectivity index (χ1) is 16.5. The van der Waals surface area contributed by atoms with Gasteiger partial charge in [-0.1, -0.05) is 66.7 Å². The topological polar surface area (TPSA) is 44.8 Å². The molecule has 1 amide bonds. The van der Waals surface area contributed by atoms with E-state index in [9.17, 15) is 4.79 Å². The van der Waals surface area contributed by atoms with Crippen LogP contribution in [0.25, 0.3) is 0 Å². The molecule has 34 heavy (non-hydrogen) atoms. The zero-order valence-electron chi connectivity index (χ0n) is 19.7. The van der Waals surface area contributed by atoms with Crippen LogP contribution in [0, 0.1) is 0 Å². The molecule has 0 unspecified atom stereocenters. The Balaban J connectivity index is 1.39. The summed E-state index contributed by atoms with van der Waals surface area (Å²) in [5.74, 6) is 0.461. The van der Waals surface area contributed by atoms with Gasteiger partial charge in [-0.25, -0.2) is 0 Å². The van der Waals surface area contributed by atoms with Gasteiger partial charge in [0.15, 0.2) is 5.11 Å². The molecule has 6 heteroatoms. The Morgan fingerprint density at radius 2 is 1.44 bits per heavy atom. The van der Waals surface area contributed by atoms with Gasteiger partial charge in [0, 0.05) is 31.7 Å². The van der Waals surface area contributed by atoms with Crippen molar-refractivity contribution in [1.82, 2.24) is 15.1 Å². The molecule has 0 aromatic heterocycles. The van der Waals surface area contributed by atoms with Gasteiger partial charge in [-0.3, -0.25) is 15.0 Å². The van der Waals surface area contributed by atoms with E-state index in [1.165, 1.54) is 11.1 Å². The lowest BCUT2D eigenvalue weighted by Crippen LogP contribution is -2.53. The summed E-state index contributed by atoms with van der Waals surface area (Å²) in [5.41, 5.74) is 3.09. The van der Waals surface area contributed by atoms with Gasteiger partial charge in [0.05, 0.1) is 12.1 Å². The number of rotatable bonds is 6. The second-order valence-corrected chi connectivity index (χ2v) is 9.09. The average Bonchev–Trinajstić information content (AvgIpc) is 2.86. The summed E-state index contributed by atoms with van der Waals surface area (Å²) >= 11 is 5.59. The minimum absolute atomic E-state index is 0.0475. The number of amides is 1. The van der Waals surface area contributed by atoms with E-state index >= 15 is 0 Å². The number of hydrogen-bond acceptors (Lipinski definition) is 4. The van der Waals surface area contributed by atoms with Crippen LogP contribution in [-0.2, 0) is 0 Å². The van der Waals surface area contributed by atoms with Crippen LogP contribution >= 0.6 is 12.2 Å². The SMILES string of the molecule is CC(C)Oc1cccc(C(=O)NC(=S)N2CCN(C(c3ccccc3)c3ccccc3)CC2)c1. The molecule has 0 radical (unpaired) electrons. The average molecular weight is 474 g/mol. The van der Waals surface area contributed by atoms with E-state index in [1.54, 1.807) is 12.1 Å². The predicted molar refractivity (Wildman–Crippen MR) is 140 cm³/mol. The van der Waals surface area contributed by atoms with Crippen LogP contribution in [0.1, 0.15) is 41.4 Å². The zero-order valence-corrected chi connectivity index (χ0v) is 20.5. The summed E-state index contributed by atoms with van der Waals surface area (Å²) in [7, 11) is 0.